The summed E-state index contributed by atoms with van der Waals surface area (Å²) in [5.41, 5.74) is 1.63. The molecule has 1 aromatic heterocycles. The molecule has 0 amide bonds. The van der Waals surface area contributed by atoms with Gasteiger partial charge in [-0.15, -0.1) is 0 Å². The van der Waals surface area contributed by atoms with Crippen molar-refractivity contribution >= 4 is 11.0 Å². The Balaban J connectivity index is 2.32. The van der Waals surface area contributed by atoms with Crippen molar-refractivity contribution in [1.29, 1.82) is 0 Å². The Morgan fingerprint density at radius 3 is 2.79 bits per heavy atom. The van der Waals surface area contributed by atoms with E-state index in [1.54, 1.807) is 6.20 Å². The molecule has 4 heteroatoms. The fourth-order valence-corrected chi connectivity index (χ4v) is 1.16. The third-order valence-electron chi connectivity index (χ3n) is 1.77. The van der Waals surface area contributed by atoms with Crippen LogP contribution < -0.4 is 4.74 Å². The number of hydrogen-bond acceptors (Lipinski definition) is 4. The van der Waals surface area contributed by atoms with Crippen LogP contribution in [0.1, 0.15) is 0 Å². The van der Waals surface area contributed by atoms with E-state index in [0.29, 0.717) is 5.88 Å². The first-order valence-electron chi connectivity index (χ1n) is 4.35. The molecule has 1 heterocycles. The van der Waals surface area contributed by atoms with Crippen LogP contribution in [-0.4, -0.2) is 28.3 Å². The molecule has 0 spiro atoms. The SMILES string of the molecule is OCCOc1cnc2ccccc2n1. The standard InChI is InChI=1S/C10H10N2O2/c13-5-6-14-10-7-11-8-3-1-2-4-9(8)12-10/h1-4,7,13H,5-6H2. The predicted molar refractivity (Wildman–Crippen MR) is 52.1 cm³/mol. The van der Waals surface area contributed by atoms with Crippen molar-refractivity contribution in [3.05, 3.63) is 30.5 Å². The van der Waals surface area contributed by atoms with Crippen molar-refractivity contribution in [3.8, 4) is 5.88 Å². The van der Waals surface area contributed by atoms with Gasteiger partial charge in [0.2, 0.25) is 5.88 Å². The third kappa shape index (κ3) is 1.80. The minimum atomic E-state index is -0.0193. The number of para-hydroxylation sites is 2. The summed E-state index contributed by atoms with van der Waals surface area (Å²) < 4.78 is 5.14. The van der Waals surface area contributed by atoms with Gasteiger partial charge >= 0.3 is 0 Å². The highest BCUT2D eigenvalue weighted by Gasteiger charge is 1.98. The van der Waals surface area contributed by atoms with E-state index in [2.05, 4.69) is 9.97 Å². The number of ether oxygens (including phenoxy) is 1. The minimum Gasteiger partial charge on any atom is -0.474 e. The number of nitrogens with zero attached hydrogens (tertiary/aromatic N) is 2. The first kappa shape index (κ1) is 8.90. The van der Waals surface area contributed by atoms with Gasteiger partial charge in [-0.2, -0.15) is 0 Å². The smallest absolute Gasteiger partial charge is 0.232 e. The molecule has 1 N–H and O–H groups in total. The molecule has 14 heavy (non-hydrogen) atoms. The van der Waals surface area contributed by atoms with E-state index in [1.807, 2.05) is 24.3 Å². The van der Waals surface area contributed by atoms with Crippen LogP contribution in [0.25, 0.3) is 11.0 Å². The highest BCUT2D eigenvalue weighted by Crippen LogP contribution is 2.12. The molecule has 0 unspecified atom stereocenters. The molecule has 0 saturated heterocycles. The van der Waals surface area contributed by atoms with Crippen molar-refractivity contribution in [2.24, 2.45) is 0 Å². The molecule has 1 aromatic carbocycles. The van der Waals surface area contributed by atoms with Crippen LogP contribution in [-0.2, 0) is 0 Å². The second-order valence-electron chi connectivity index (χ2n) is 2.77. The zero-order chi connectivity index (χ0) is 9.80. The molecule has 0 aliphatic rings. The molecule has 0 radical (unpaired) electrons. The van der Waals surface area contributed by atoms with Crippen LogP contribution in [0.5, 0.6) is 5.88 Å². The molecule has 2 aromatic rings. The second-order valence-corrected chi connectivity index (χ2v) is 2.77. The van der Waals surface area contributed by atoms with Crippen molar-refractivity contribution in [2.45, 2.75) is 0 Å². The topological polar surface area (TPSA) is 55.2 Å². The van der Waals surface area contributed by atoms with Gasteiger partial charge in [0, 0.05) is 0 Å². The maximum Gasteiger partial charge on any atom is 0.232 e. The number of aliphatic hydroxyl groups is 1. The van der Waals surface area contributed by atoms with Crippen LogP contribution in [0, 0.1) is 0 Å². The summed E-state index contributed by atoms with van der Waals surface area (Å²) in [6.45, 7) is 0.224. The lowest BCUT2D eigenvalue weighted by atomic mass is 10.3. The molecule has 0 aliphatic carbocycles. The molecule has 0 atom stereocenters. The number of fused-ring (bicyclic) bond motifs is 1. The summed E-state index contributed by atoms with van der Waals surface area (Å²) >= 11 is 0. The van der Waals surface area contributed by atoms with Crippen LogP contribution >= 0.6 is 0 Å². The quantitative estimate of drug-likeness (QED) is 0.784. The fourth-order valence-electron chi connectivity index (χ4n) is 1.16. The summed E-state index contributed by atoms with van der Waals surface area (Å²) in [5.74, 6) is 0.442. The first-order chi connectivity index (χ1) is 6.90. The highest BCUT2D eigenvalue weighted by molar-refractivity contribution is 5.73. The zero-order valence-electron chi connectivity index (χ0n) is 7.55. The monoisotopic (exact) mass is 190 g/mol. The van der Waals surface area contributed by atoms with E-state index < -0.39 is 0 Å². The lowest BCUT2D eigenvalue weighted by molar-refractivity contribution is 0.196. The van der Waals surface area contributed by atoms with Gasteiger partial charge < -0.3 is 9.84 Å². The molecule has 2 rings (SSSR count). The second kappa shape index (κ2) is 4.02. The third-order valence-corrected chi connectivity index (χ3v) is 1.77. The van der Waals surface area contributed by atoms with Crippen LogP contribution in [0.2, 0.25) is 0 Å². The van der Waals surface area contributed by atoms with Gasteiger partial charge in [-0.05, 0) is 12.1 Å². The lowest BCUT2D eigenvalue weighted by Crippen LogP contribution is -2.03. The van der Waals surface area contributed by atoms with Gasteiger partial charge in [-0.25, -0.2) is 9.97 Å². The average molecular weight is 190 g/mol. The number of hydrogen-bond donors (Lipinski definition) is 1. The van der Waals surface area contributed by atoms with Crippen molar-refractivity contribution in [3.63, 3.8) is 0 Å². The maximum atomic E-state index is 8.57. The lowest BCUT2D eigenvalue weighted by Gasteiger charge is -2.02. The zero-order valence-corrected chi connectivity index (χ0v) is 7.55. The van der Waals surface area contributed by atoms with Crippen LogP contribution in [0.4, 0.5) is 0 Å². The average Bonchev–Trinajstić information content (AvgIpc) is 2.26. The van der Waals surface area contributed by atoms with Gasteiger partial charge in [-0.3, -0.25) is 0 Å². The molecule has 0 saturated carbocycles. The van der Waals surface area contributed by atoms with Gasteiger partial charge in [-0.1, -0.05) is 12.1 Å². The van der Waals surface area contributed by atoms with E-state index in [0.717, 1.165) is 11.0 Å². The first-order valence-corrected chi connectivity index (χ1v) is 4.35. The van der Waals surface area contributed by atoms with Crippen LogP contribution in [0.3, 0.4) is 0 Å². The number of aromatic nitrogens is 2. The summed E-state index contributed by atoms with van der Waals surface area (Å²) in [7, 11) is 0. The number of rotatable bonds is 3. The number of benzene rings is 1. The Hall–Kier alpha value is -1.68. The summed E-state index contributed by atoms with van der Waals surface area (Å²) in [4.78, 5) is 8.38. The summed E-state index contributed by atoms with van der Waals surface area (Å²) in [6, 6.07) is 7.56. The largest absolute Gasteiger partial charge is 0.474 e. The highest BCUT2D eigenvalue weighted by atomic mass is 16.5. The molecular formula is C10H10N2O2. The molecule has 0 bridgehead atoms. The van der Waals surface area contributed by atoms with E-state index in [4.69, 9.17) is 9.84 Å². The van der Waals surface area contributed by atoms with Crippen molar-refractivity contribution in [1.82, 2.24) is 9.97 Å². The fraction of sp³-hybridized carbons (Fsp3) is 0.200. The summed E-state index contributed by atoms with van der Waals surface area (Å²) in [5, 5.41) is 8.57. The predicted octanol–water partition coefficient (Wildman–Crippen LogP) is 1.00. The van der Waals surface area contributed by atoms with E-state index in [9.17, 15) is 0 Å². The molecule has 72 valence electrons. The van der Waals surface area contributed by atoms with E-state index >= 15 is 0 Å². The molecular weight excluding hydrogens is 180 g/mol. The minimum absolute atomic E-state index is 0.0193. The van der Waals surface area contributed by atoms with Crippen LogP contribution in [0.15, 0.2) is 30.5 Å². The summed E-state index contributed by atoms with van der Waals surface area (Å²) in [6.07, 6.45) is 1.55. The Morgan fingerprint density at radius 1 is 1.21 bits per heavy atom. The van der Waals surface area contributed by atoms with Gasteiger partial charge in [0.1, 0.15) is 6.61 Å². The van der Waals surface area contributed by atoms with Crippen molar-refractivity contribution in [2.75, 3.05) is 13.2 Å². The molecule has 0 fully saturated rings. The Labute approximate surface area is 81.2 Å². The number of aliphatic hydroxyl groups excluding tert-OH is 1. The molecule has 0 aliphatic heterocycles. The Bertz CT molecular complexity index is 431. The van der Waals surface area contributed by atoms with Gasteiger partial charge in [0.25, 0.3) is 0 Å². The normalized spacial score (nSPS) is 10.4. The van der Waals surface area contributed by atoms with Gasteiger partial charge in [0.15, 0.2) is 0 Å². The Kier molecular flexibility index (Phi) is 2.55. The van der Waals surface area contributed by atoms with E-state index in [-0.39, 0.29) is 13.2 Å². The van der Waals surface area contributed by atoms with Crippen molar-refractivity contribution < 1.29 is 9.84 Å². The van der Waals surface area contributed by atoms with Gasteiger partial charge in [0.05, 0.1) is 23.8 Å². The molecule has 4 nitrogen and oxygen atoms in total. The Morgan fingerprint density at radius 2 is 2.00 bits per heavy atom. The maximum absolute atomic E-state index is 8.57. The van der Waals surface area contributed by atoms with E-state index in [1.165, 1.54) is 0 Å².